The summed E-state index contributed by atoms with van der Waals surface area (Å²) in [5, 5.41) is 8.70. The van der Waals surface area contributed by atoms with Crippen LogP contribution in [0.3, 0.4) is 0 Å². The van der Waals surface area contributed by atoms with Crippen LogP contribution in [0.25, 0.3) is 5.69 Å². The zero-order valence-corrected chi connectivity index (χ0v) is 17.8. The number of carbonyl (C=O) groups is 1. The number of rotatable bonds is 6. The minimum absolute atomic E-state index is 0.0131. The van der Waals surface area contributed by atoms with Gasteiger partial charge in [-0.1, -0.05) is 6.07 Å². The number of ether oxygens (including phenoxy) is 2. The van der Waals surface area contributed by atoms with E-state index in [2.05, 4.69) is 15.9 Å². The maximum Gasteiger partial charge on any atom is 0.431 e. The van der Waals surface area contributed by atoms with Crippen molar-refractivity contribution in [3.05, 3.63) is 79.5 Å². The zero-order chi connectivity index (χ0) is 23.6. The van der Waals surface area contributed by atoms with Gasteiger partial charge in [0, 0.05) is 25.2 Å². The Morgan fingerprint density at radius 3 is 2.44 bits per heavy atom. The predicted octanol–water partition coefficient (Wildman–Crippen LogP) is 3.57. The summed E-state index contributed by atoms with van der Waals surface area (Å²) in [6.07, 6.45) is -4.87. The lowest BCUT2D eigenvalue weighted by atomic mass is 10.2. The van der Waals surface area contributed by atoms with Gasteiger partial charge in [0.15, 0.2) is 6.61 Å². The van der Waals surface area contributed by atoms with Crippen molar-refractivity contribution in [1.82, 2.24) is 9.13 Å². The van der Waals surface area contributed by atoms with E-state index < -0.39 is 35.7 Å². The van der Waals surface area contributed by atoms with E-state index in [0.717, 1.165) is 7.05 Å². The lowest BCUT2D eigenvalue weighted by Gasteiger charge is -2.15. The molecule has 0 fully saturated rings. The summed E-state index contributed by atoms with van der Waals surface area (Å²) in [7, 11) is 0.917. The molecule has 0 unspecified atom stereocenters. The fourth-order valence-corrected chi connectivity index (χ4v) is 3.07. The summed E-state index contributed by atoms with van der Waals surface area (Å²) in [4.78, 5) is 35.5. The predicted molar refractivity (Wildman–Crippen MR) is 110 cm³/mol. The highest BCUT2D eigenvalue weighted by Crippen LogP contribution is 2.33. The van der Waals surface area contributed by atoms with Gasteiger partial charge in [-0.15, -0.1) is 0 Å². The summed E-state index contributed by atoms with van der Waals surface area (Å²) in [6, 6.07) is 10.5. The third kappa shape index (κ3) is 5.02. The Balaban J connectivity index is 2.00. The van der Waals surface area contributed by atoms with Gasteiger partial charge in [0.2, 0.25) is 0 Å². The molecule has 1 aromatic heterocycles. The van der Waals surface area contributed by atoms with Gasteiger partial charge in [0.05, 0.1) is 10.2 Å². The number of carboxylic acids is 1. The van der Waals surface area contributed by atoms with Crippen LogP contribution >= 0.6 is 15.9 Å². The van der Waals surface area contributed by atoms with Crippen LogP contribution in [0.5, 0.6) is 17.2 Å². The van der Waals surface area contributed by atoms with E-state index in [-0.39, 0.29) is 22.9 Å². The average molecular weight is 515 g/mol. The maximum atomic E-state index is 13.1. The average Bonchev–Trinajstić information content (AvgIpc) is 2.71. The van der Waals surface area contributed by atoms with E-state index in [9.17, 15) is 27.6 Å². The second-order valence-electron chi connectivity index (χ2n) is 6.42. The van der Waals surface area contributed by atoms with Crippen molar-refractivity contribution in [3.8, 4) is 22.9 Å². The van der Waals surface area contributed by atoms with Crippen LogP contribution < -0.4 is 20.7 Å². The highest BCUT2D eigenvalue weighted by Gasteiger charge is 2.35. The van der Waals surface area contributed by atoms with Crippen LogP contribution in [-0.2, 0) is 18.0 Å². The zero-order valence-electron chi connectivity index (χ0n) is 16.2. The third-order valence-corrected chi connectivity index (χ3v) is 4.83. The monoisotopic (exact) mass is 514 g/mol. The number of alkyl halides is 3. The summed E-state index contributed by atoms with van der Waals surface area (Å²) in [6.45, 7) is -0.553. The second-order valence-corrected chi connectivity index (χ2v) is 7.27. The van der Waals surface area contributed by atoms with Crippen molar-refractivity contribution in [3.63, 3.8) is 0 Å². The van der Waals surface area contributed by atoms with Gasteiger partial charge in [-0.25, -0.2) is 14.2 Å². The first kappa shape index (κ1) is 23.1. The molecule has 0 radical (unpaired) electrons. The van der Waals surface area contributed by atoms with Gasteiger partial charge in [0.25, 0.3) is 5.56 Å². The highest BCUT2D eigenvalue weighted by molar-refractivity contribution is 9.10. The minimum Gasteiger partial charge on any atom is -0.482 e. The molecule has 2 aromatic carbocycles. The smallest absolute Gasteiger partial charge is 0.431 e. The first-order chi connectivity index (χ1) is 15.0. The van der Waals surface area contributed by atoms with Gasteiger partial charge >= 0.3 is 17.8 Å². The standard InChI is InChI=1S/C20H14BrF3N2O6/c1-25-16(20(22,23)24)9-17(27)26(19(25)30)11-5-6-14(21)15(7-11)32-13-4-2-3-12(8-13)31-10-18(28)29/h2-9H,10H2,1H3,(H,28,29). The van der Waals surface area contributed by atoms with Crippen molar-refractivity contribution in [2.75, 3.05) is 6.61 Å². The van der Waals surface area contributed by atoms with Crippen molar-refractivity contribution >= 4 is 21.9 Å². The molecule has 1 N–H and O–H groups in total. The topological polar surface area (TPSA) is 99.8 Å². The van der Waals surface area contributed by atoms with Crippen LogP contribution in [-0.4, -0.2) is 26.8 Å². The van der Waals surface area contributed by atoms with Crippen LogP contribution in [0, 0.1) is 0 Å². The van der Waals surface area contributed by atoms with E-state index in [4.69, 9.17) is 14.6 Å². The van der Waals surface area contributed by atoms with E-state index in [1.807, 2.05) is 0 Å². The first-order valence-electron chi connectivity index (χ1n) is 8.80. The molecule has 0 bridgehead atoms. The number of halogens is 4. The summed E-state index contributed by atoms with van der Waals surface area (Å²) >= 11 is 3.26. The van der Waals surface area contributed by atoms with Gasteiger partial charge in [-0.3, -0.25) is 9.36 Å². The summed E-state index contributed by atoms with van der Waals surface area (Å²) in [5.74, 6) is -0.537. The van der Waals surface area contributed by atoms with E-state index in [1.165, 1.54) is 30.3 Å². The van der Waals surface area contributed by atoms with E-state index in [1.54, 1.807) is 12.1 Å². The van der Waals surface area contributed by atoms with E-state index in [0.29, 0.717) is 19.7 Å². The van der Waals surface area contributed by atoms with Gasteiger partial charge in [-0.05, 0) is 40.2 Å². The lowest BCUT2D eigenvalue weighted by Crippen LogP contribution is -2.40. The molecule has 8 nitrogen and oxygen atoms in total. The number of hydrogen-bond acceptors (Lipinski definition) is 5. The van der Waals surface area contributed by atoms with Gasteiger partial charge in [0.1, 0.15) is 22.9 Å². The molecule has 32 heavy (non-hydrogen) atoms. The van der Waals surface area contributed by atoms with Crippen LogP contribution in [0.2, 0.25) is 0 Å². The molecule has 12 heteroatoms. The molecule has 168 valence electrons. The molecule has 0 saturated carbocycles. The molecule has 1 heterocycles. The van der Waals surface area contributed by atoms with Crippen molar-refractivity contribution in [2.24, 2.45) is 7.05 Å². The number of aliphatic carboxylic acids is 1. The van der Waals surface area contributed by atoms with Crippen LogP contribution in [0.4, 0.5) is 13.2 Å². The molecule has 0 saturated heterocycles. The van der Waals surface area contributed by atoms with Crippen molar-refractivity contribution < 1.29 is 32.5 Å². The molecule has 0 amide bonds. The quantitative estimate of drug-likeness (QED) is 0.539. The molecule has 0 atom stereocenters. The number of benzene rings is 2. The molecule has 3 aromatic rings. The normalized spacial score (nSPS) is 11.3. The number of carboxylic acid groups (broad SMARTS) is 1. The molecular formula is C20H14BrF3N2O6. The molecule has 0 aliphatic carbocycles. The molecular weight excluding hydrogens is 501 g/mol. The SMILES string of the molecule is Cn1c(C(F)(F)F)cc(=O)n(-c2ccc(Br)c(Oc3cccc(OCC(=O)O)c3)c2)c1=O. The Bertz CT molecular complexity index is 1300. The van der Waals surface area contributed by atoms with Gasteiger partial charge < -0.3 is 14.6 Å². The molecule has 3 rings (SSSR count). The van der Waals surface area contributed by atoms with Crippen LogP contribution in [0.1, 0.15) is 5.69 Å². The van der Waals surface area contributed by atoms with Gasteiger partial charge in [-0.2, -0.15) is 13.2 Å². The Morgan fingerprint density at radius 2 is 1.78 bits per heavy atom. The second kappa shape index (κ2) is 8.91. The van der Waals surface area contributed by atoms with Crippen molar-refractivity contribution in [2.45, 2.75) is 6.18 Å². The number of aromatic nitrogens is 2. The Hall–Kier alpha value is -3.54. The molecule has 0 aliphatic heterocycles. The molecule has 0 spiro atoms. The van der Waals surface area contributed by atoms with Crippen LogP contribution in [0.15, 0.2) is 62.6 Å². The third-order valence-electron chi connectivity index (χ3n) is 4.18. The fourth-order valence-electron chi connectivity index (χ4n) is 2.74. The molecule has 0 aliphatic rings. The Kier molecular flexibility index (Phi) is 6.44. The number of hydrogen-bond donors (Lipinski definition) is 1. The minimum atomic E-state index is -4.87. The highest BCUT2D eigenvalue weighted by atomic mass is 79.9. The Morgan fingerprint density at radius 1 is 1.09 bits per heavy atom. The summed E-state index contributed by atoms with van der Waals surface area (Å²) < 4.78 is 51.3. The van der Waals surface area contributed by atoms with E-state index >= 15 is 0 Å². The lowest BCUT2D eigenvalue weighted by molar-refractivity contribution is -0.144. The Labute approximate surface area is 186 Å². The fraction of sp³-hybridized carbons (Fsp3) is 0.150. The first-order valence-corrected chi connectivity index (χ1v) is 9.59. The van der Waals surface area contributed by atoms with Crippen molar-refractivity contribution in [1.29, 1.82) is 0 Å². The summed E-state index contributed by atoms with van der Waals surface area (Å²) in [5.41, 5.74) is -3.71. The largest absolute Gasteiger partial charge is 0.482 e. The maximum absolute atomic E-state index is 13.1. The number of nitrogens with zero attached hydrogens (tertiary/aromatic N) is 2.